The van der Waals surface area contributed by atoms with Crippen LogP contribution in [0.15, 0.2) is 39.5 Å². The number of nitrogens with two attached hydrogens (primary N) is 1. The highest BCUT2D eigenvalue weighted by atomic mass is 32.2. The number of carboxylic acids is 2. The number of amides is 3. The third kappa shape index (κ3) is 14.6. The van der Waals surface area contributed by atoms with Gasteiger partial charge in [-0.25, -0.2) is 14.4 Å². The largest absolute Gasteiger partial charge is 0.534 e. The number of rotatable bonds is 14. The first-order valence-electron chi connectivity index (χ1n) is 24.1. The Bertz CT molecular complexity index is 3290. The van der Waals surface area contributed by atoms with E-state index in [9.17, 15) is 103 Å². The van der Waals surface area contributed by atoms with Crippen LogP contribution in [0.4, 0.5) is 44.6 Å². The number of ketones is 1. The van der Waals surface area contributed by atoms with Crippen LogP contribution in [-0.4, -0.2) is 167 Å². The van der Waals surface area contributed by atoms with Crippen molar-refractivity contribution < 1.29 is 135 Å². The van der Waals surface area contributed by atoms with E-state index in [1.54, 1.807) is 13.8 Å². The molecule has 0 saturated carbocycles. The monoisotopic (exact) mass is 1300 g/mol. The van der Waals surface area contributed by atoms with E-state index in [4.69, 9.17) is 20.3 Å². The number of hydrogen-bond donors (Lipinski definition) is 3. The zero-order valence-corrected chi connectivity index (χ0v) is 47.5. The van der Waals surface area contributed by atoms with Crippen molar-refractivity contribution in [3.8, 4) is 0 Å². The van der Waals surface area contributed by atoms with E-state index in [-0.39, 0.29) is 48.8 Å². The molecule has 7 aliphatic heterocycles. The number of aliphatic carboxylic acids is 2. The van der Waals surface area contributed by atoms with Crippen molar-refractivity contribution in [3.63, 3.8) is 0 Å². The molecule has 1 aromatic heterocycles. The van der Waals surface area contributed by atoms with E-state index in [2.05, 4.69) is 31.9 Å². The van der Waals surface area contributed by atoms with Gasteiger partial charge in [0.15, 0.2) is 51.0 Å². The summed E-state index contributed by atoms with van der Waals surface area (Å²) in [6, 6.07) is -1.77. The molecular weight excluding hydrogens is 1250 g/mol. The first-order chi connectivity index (χ1) is 38.4. The molecule has 6 atom stereocenters. The quantitative estimate of drug-likeness (QED) is 0.0453. The zero-order chi connectivity index (χ0) is 63.8. The number of carbonyl (C=O) groups excluding carboxylic acids is 5. The number of esters is 1. The average Bonchev–Trinajstić information content (AvgIpc) is 4.29. The van der Waals surface area contributed by atoms with Gasteiger partial charge in [-0.05, 0) is 52.9 Å². The molecule has 0 aromatic carbocycles. The van der Waals surface area contributed by atoms with Gasteiger partial charge in [0.05, 0.1) is 17.8 Å². The van der Waals surface area contributed by atoms with Crippen molar-refractivity contribution in [2.45, 2.75) is 133 Å². The number of anilines is 1. The first-order valence-corrected chi connectivity index (χ1v) is 29.1. The van der Waals surface area contributed by atoms with Gasteiger partial charge < -0.3 is 42.8 Å². The molecular formula is C43H50F9N7O21S4. The molecule has 8 rings (SSSR count). The van der Waals surface area contributed by atoms with Gasteiger partial charge in [0.2, 0.25) is 23.5 Å². The number of fused-ring (bicyclic) bond motifs is 3. The third-order valence-corrected chi connectivity index (χ3v) is 16.3. The molecule has 4 fully saturated rings. The summed E-state index contributed by atoms with van der Waals surface area (Å²) >= 11 is 0.782. The minimum absolute atomic E-state index is 0.0392. The summed E-state index contributed by atoms with van der Waals surface area (Å²) in [4.78, 5) is 94.8. The minimum atomic E-state index is -6.14. The van der Waals surface area contributed by atoms with Crippen molar-refractivity contribution in [2.24, 2.45) is 22.9 Å². The van der Waals surface area contributed by atoms with Crippen LogP contribution in [0.5, 0.6) is 0 Å². The van der Waals surface area contributed by atoms with Crippen LogP contribution >= 0.6 is 11.5 Å². The second-order valence-electron chi connectivity index (χ2n) is 19.5. The summed E-state index contributed by atoms with van der Waals surface area (Å²) in [6.07, 6.45) is 1.18. The van der Waals surface area contributed by atoms with Crippen molar-refractivity contribution >= 4 is 94.1 Å². The molecule has 0 aliphatic carbocycles. The third-order valence-electron chi connectivity index (χ3n) is 12.8. The summed E-state index contributed by atoms with van der Waals surface area (Å²) in [7, 11) is -16.9. The van der Waals surface area contributed by atoms with Gasteiger partial charge in [-0.15, -0.1) is 0 Å². The maximum Gasteiger partial charge on any atom is 0.534 e. The Labute approximate surface area is 473 Å². The lowest BCUT2D eigenvalue weighted by molar-refractivity contribution is -0.164. The molecule has 1 unspecified atom stereocenters. The molecule has 3 amide bonds. The SMILES string of the molecule is C1CCOC1.CO/N=C(/C(=O)C[C@@H]1C(=O)N2C(C(=O)O)=C(OS(=O)(=O)C(F)(F)F)CC[C@H]12)c1nsc(N)n1.C[C@@H]1C(=O)N2C(C(=O)O)=C(OS(=O)(=O)C(F)(F)F)CC[C@H]12.C[C@@H]1C(=O)N2C(C(=O)OC(C)(C)C)=C(OS(=O)(=O)C(F)(F)F)CCC12. The molecule has 41 heteroatoms. The summed E-state index contributed by atoms with van der Waals surface area (Å²) in [5.74, 6) is -12.1. The van der Waals surface area contributed by atoms with Crippen molar-refractivity contribution in [2.75, 3.05) is 26.1 Å². The van der Waals surface area contributed by atoms with E-state index < -0.39 is 177 Å². The van der Waals surface area contributed by atoms with Crippen molar-refractivity contribution in [3.05, 3.63) is 40.2 Å². The Morgan fingerprint density at radius 2 is 1.05 bits per heavy atom. The Morgan fingerprint density at radius 3 is 1.38 bits per heavy atom. The number of alkyl halides is 9. The van der Waals surface area contributed by atoms with Crippen LogP contribution in [0.1, 0.15) is 98.2 Å². The summed E-state index contributed by atoms with van der Waals surface area (Å²) in [5, 5.41) is 22.0. The Kier molecular flexibility index (Phi) is 20.2. The lowest BCUT2D eigenvalue weighted by Gasteiger charge is -2.49. The molecule has 4 N–H and O–H groups in total. The van der Waals surface area contributed by atoms with Crippen LogP contribution in [0.3, 0.4) is 0 Å². The number of aromatic nitrogens is 2. The smallest absolute Gasteiger partial charge is 0.476 e. The molecule has 470 valence electrons. The normalized spacial score (nSPS) is 23.7. The number of carboxylic acid groups (broad SMARTS) is 2. The molecule has 8 heterocycles. The first kappa shape index (κ1) is 67.9. The van der Waals surface area contributed by atoms with Crippen molar-refractivity contribution in [1.29, 1.82) is 0 Å². The number of hydrogen-bond acceptors (Lipinski definition) is 24. The van der Waals surface area contributed by atoms with E-state index in [1.165, 1.54) is 33.6 Å². The number of nitrogen functional groups attached to an aromatic ring is 1. The number of nitrogens with zero attached hydrogens (tertiary/aromatic N) is 6. The summed E-state index contributed by atoms with van der Waals surface area (Å²) < 4.78 is 205. The predicted molar refractivity (Wildman–Crippen MR) is 259 cm³/mol. The predicted octanol–water partition coefficient (Wildman–Crippen LogP) is 3.85. The van der Waals surface area contributed by atoms with Gasteiger partial charge in [0, 0.05) is 68.6 Å². The second-order valence-corrected chi connectivity index (χ2v) is 24.9. The number of Topliss-reactive ketones (excluding diaryl/α,β-unsaturated/α-hetero) is 1. The van der Waals surface area contributed by atoms with E-state index in [0.29, 0.717) is 4.90 Å². The van der Waals surface area contributed by atoms with Crippen LogP contribution in [-0.2, 0) is 90.8 Å². The summed E-state index contributed by atoms with van der Waals surface area (Å²) in [5.41, 5.74) is -15.4. The highest BCUT2D eigenvalue weighted by Gasteiger charge is 2.58. The molecule has 4 saturated heterocycles. The van der Waals surface area contributed by atoms with Gasteiger partial charge >= 0.3 is 64.8 Å². The van der Waals surface area contributed by atoms with Crippen LogP contribution in [0, 0.1) is 17.8 Å². The van der Waals surface area contributed by atoms with E-state index >= 15 is 0 Å². The van der Waals surface area contributed by atoms with Gasteiger partial charge in [-0.2, -0.15) is 74.1 Å². The fourth-order valence-electron chi connectivity index (χ4n) is 8.93. The standard InChI is InChI=1S/C15H14F3N5O8S2.C14H18F3NO6S.C10H10F3NO6S.C4H8O/c1-30-21-9(11-20-14(19)32-22-11)7(24)4-5-6-2-3-8(31-33(28,29)15(16,17)18)10(13(26)27)23(6)12(5)25;1-7-8-5-6-9(24-25(21,22)14(15,16)17)10(18(8)11(7)19)12(20)23-13(2,3)4;1-4-5-2-3-6(20-21(18,19)10(11,12)13)7(9(16)17)14(5)8(4)15;1-2-4-5-3-1/h5-6H,2-4H2,1H3,(H,26,27)(H2,19,20,22);7-8H,5-6H2,1-4H3;4-5H,2-3H2,1H3,(H,16,17);1-4H2/b21-9-;;;/t5-,6+;7-,8?;4-,5+;/m000./s1. The van der Waals surface area contributed by atoms with E-state index in [1.807, 2.05) is 0 Å². The molecule has 28 nitrogen and oxygen atoms in total. The molecule has 0 bridgehead atoms. The lowest BCUT2D eigenvalue weighted by atomic mass is 9.77. The maximum absolute atomic E-state index is 12.7. The van der Waals surface area contributed by atoms with Gasteiger partial charge in [0.1, 0.15) is 12.7 Å². The molecule has 84 heavy (non-hydrogen) atoms. The lowest BCUT2D eigenvalue weighted by Crippen LogP contribution is -2.63. The van der Waals surface area contributed by atoms with Crippen molar-refractivity contribution in [1.82, 2.24) is 24.1 Å². The van der Waals surface area contributed by atoms with Crippen LogP contribution in [0.25, 0.3) is 0 Å². The molecule has 0 radical (unpaired) electrons. The molecule has 1 aromatic rings. The minimum Gasteiger partial charge on any atom is -0.476 e. The second kappa shape index (κ2) is 25.0. The molecule has 7 aliphatic rings. The van der Waals surface area contributed by atoms with E-state index in [0.717, 1.165) is 41.7 Å². The van der Waals surface area contributed by atoms with Crippen LogP contribution < -0.4 is 5.73 Å². The van der Waals surface area contributed by atoms with Gasteiger partial charge in [-0.3, -0.25) is 33.9 Å². The Morgan fingerprint density at radius 1 is 0.667 bits per heavy atom. The highest BCUT2D eigenvalue weighted by molar-refractivity contribution is 7.88. The maximum atomic E-state index is 12.7. The molecule has 0 spiro atoms. The zero-order valence-electron chi connectivity index (χ0n) is 44.2. The topological polar surface area (TPSA) is 392 Å². The van der Waals surface area contributed by atoms with Gasteiger partial charge in [-0.1, -0.05) is 19.0 Å². The fourth-order valence-corrected chi connectivity index (χ4v) is 10.9. The van der Waals surface area contributed by atoms with Crippen LogP contribution in [0.2, 0.25) is 0 Å². The number of allylic oxidation sites excluding steroid dienone is 3. The number of β-lactam (4-membered cyclic amide) rings is 3. The van der Waals surface area contributed by atoms with Gasteiger partial charge in [0.25, 0.3) is 0 Å². The number of ether oxygens (including phenoxy) is 2. The number of halogens is 9. The highest BCUT2D eigenvalue weighted by Crippen LogP contribution is 2.46. The Hall–Kier alpha value is -6.88. The number of carbonyl (C=O) groups is 7. The fraction of sp³-hybridized carbons (Fsp3) is 0.628. The Balaban J connectivity index is 0.000000226. The average molecular weight is 1300 g/mol. The number of oxime groups is 1. The summed E-state index contributed by atoms with van der Waals surface area (Å²) in [6.45, 7) is 9.76.